The van der Waals surface area contributed by atoms with Crippen molar-refractivity contribution in [2.45, 2.75) is 0 Å². The van der Waals surface area contributed by atoms with Crippen LogP contribution in [0.5, 0.6) is 0 Å². The average Bonchev–Trinajstić information content (AvgIpc) is 3.16. The Morgan fingerprint density at radius 1 is 1.12 bits per heavy atom. The van der Waals surface area contributed by atoms with Gasteiger partial charge in [0.05, 0.1) is 19.1 Å². The number of carbonyl (C=O) groups is 1. The van der Waals surface area contributed by atoms with E-state index in [1.807, 2.05) is 65.4 Å². The van der Waals surface area contributed by atoms with Crippen molar-refractivity contribution < 1.29 is 4.79 Å². The highest BCUT2D eigenvalue weighted by Crippen LogP contribution is 2.08. The van der Waals surface area contributed by atoms with E-state index < -0.39 is 0 Å². The maximum absolute atomic E-state index is 11.7. The molecule has 0 unspecified atom stereocenters. The van der Waals surface area contributed by atoms with E-state index in [0.29, 0.717) is 0 Å². The van der Waals surface area contributed by atoms with Gasteiger partial charge in [0.2, 0.25) is 0 Å². The summed E-state index contributed by atoms with van der Waals surface area (Å²) in [5.41, 5.74) is 5.30. The molecule has 6 nitrogen and oxygen atoms in total. The van der Waals surface area contributed by atoms with Crippen molar-refractivity contribution in [1.29, 1.82) is 0 Å². The Kier molecular flexibility index (Phi) is 4.99. The van der Waals surface area contributed by atoms with Crippen LogP contribution in [0.2, 0.25) is 0 Å². The van der Waals surface area contributed by atoms with Gasteiger partial charge in [-0.2, -0.15) is 5.10 Å². The third-order valence-corrected chi connectivity index (χ3v) is 3.33. The van der Waals surface area contributed by atoms with Crippen LogP contribution in [0, 0.1) is 0 Å². The Morgan fingerprint density at radius 3 is 2.62 bits per heavy atom. The topological polar surface area (TPSA) is 71.3 Å². The van der Waals surface area contributed by atoms with E-state index in [0.717, 1.165) is 16.9 Å². The first-order valence-electron chi connectivity index (χ1n) is 7.50. The number of anilines is 1. The predicted molar refractivity (Wildman–Crippen MR) is 94.2 cm³/mol. The molecule has 0 aliphatic heterocycles. The minimum absolute atomic E-state index is 0.168. The van der Waals surface area contributed by atoms with Gasteiger partial charge < -0.3 is 9.88 Å². The predicted octanol–water partition coefficient (Wildman–Crippen LogP) is 2.43. The Balaban J connectivity index is 1.48. The number of carbonyl (C=O) groups excluding carboxylic acids is 1. The quantitative estimate of drug-likeness (QED) is 0.541. The average molecular weight is 319 g/mol. The maximum atomic E-state index is 11.7. The van der Waals surface area contributed by atoms with Gasteiger partial charge in [0.25, 0.3) is 5.91 Å². The molecule has 6 heteroatoms. The van der Waals surface area contributed by atoms with E-state index in [1.165, 1.54) is 0 Å². The van der Waals surface area contributed by atoms with Crippen LogP contribution in [0.1, 0.15) is 5.56 Å². The lowest BCUT2D eigenvalue weighted by atomic mass is 10.2. The number of amides is 1. The van der Waals surface area contributed by atoms with Gasteiger partial charge in [-0.05, 0) is 29.8 Å². The van der Waals surface area contributed by atoms with E-state index in [2.05, 4.69) is 20.8 Å². The number of rotatable bonds is 6. The van der Waals surface area contributed by atoms with Crippen molar-refractivity contribution in [3.63, 3.8) is 0 Å². The summed E-state index contributed by atoms with van der Waals surface area (Å²) in [6.45, 7) is 0.168. The second kappa shape index (κ2) is 7.73. The summed E-state index contributed by atoms with van der Waals surface area (Å²) in [7, 11) is 0. The van der Waals surface area contributed by atoms with E-state index in [1.54, 1.807) is 18.7 Å². The van der Waals surface area contributed by atoms with Crippen LogP contribution in [-0.4, -0.2) is 28.2 Å². The fourth-order valence-electron chi connectivity index (χ4n) is 2.10. The van der Waals surface area contributed by atoms with Crippen molar-refractivity contribution in [3.05, 3.63) is 78.9 Å². The number of imidazole rings is 1. The summed E-state index contributed by atoms with van der Waals surface area (Å²) in [6, 6.07) is 17.3. The van der Waals surface area contributed by atoms with E-state index in [4.69, 9.17) is 0 Å². The highest BCUT2D eigenvalue weighted by Gasteiger charge is 1.99. The molecule has 0 spiro atoms. The lowest BCUT2D eigenvalue weighted by Gasteiger charge is -2.04. The number of nitrogens with zero attached hydrogens (tertiary/aromatic N) is 3. The highest BCUT2D eigenvalue weighted by molar-refractivity contribution is 5.84. The van der Waals surface area contributed by atoms with Gasteiger partial charge in [-0.15, -0.1) is 0 Å². The molecule has 0 saturated heterocycles. The zero-order chi connectivity index (χ0) is 16.6. The molecule has 1 heterocycles. The van der Waals surface area contributed by atoms with Crippen molar-refractivity contribution in [2.24, 2.45) is 5.10 Å². The van der Waals surface area contributed by atoms with Gasteiger partial charge >= 0.3 is 0 Å². The first-order valence-corrected chi connectivity index (χ1v) is 7.50. The summed E-state index contributed by atoms with van der Waals surface area (Å²) in [5.74, 6) is -0.204. The molecular formula is C18H17N5O. The third kappa shape index (κ3) is 4.30. The van der Waals surface area contributed by atoms with E-state index in [-0.39, 0.29) is 12.5 Å². The van der Waals surface area contributed by atoms with Gasteiger partial charge in [-0.25, -0.2) is 10.4 Å². The number of nitrogens with one attached hydrogen (secondary N) is 2. The highest BCUT2D eigenvalue weighted by atomic mass is 16.2. The number of benzene rings is 2. The maximum Gasteiger partial charge on any atom is 0.259 e. The summed E-state index contributed by atoms with van der Waals surface area (Å²) in [5, 5.41) is 6.98. The van der Waals surface area contributed by atoms with Crippen LogP contribution in [-0.2, 0) is 4.79 Å². The second-order valence-corrected chi connectivity index (χ2v) is 5.07. The minimum atomic E-state index is -0.204. The first-order chi connectivity index (χ1) is 11.8. The van der Waals surface area contributed by atoms with Crippen LogP contribution in [0.4, 0.5) is 5.69 Å². The lowest BCUT2D eigenvalue weighted by Crippen LogP contribution is -2.25. The summed E-state index contributed by atoms with van der Waals surface area (Å²) in [4.78, 5) is 15.7. The second-order valence-electron chi connectivity index (χ2n) is 5.07. The SMILES string of the molecule is O=C(CNc1ccccc1)N/N=C\c1ccc(-n2ccnc2)cc1. The minimum Gasteiger partial charge on any atom is -0.376 e. The molecule has 3 aromatic rings. The molecule has 3 rings (SSSR count). The Labute approximate surface area is 139 Å². The molecule has 1 amide bonds. The summed E-state index contributed by atoms with van der Waals surface area (Å²) < 4.78 is 1.91. The van der Waals surface area contributed by atoms with Crippen molar-refractivity contribution in [3.8, 4) is 5.69 Å². The van der Waals surface area contributed by atoms with Crippen LogP contribution < -0.4 is 10.7 Å². The smallest absolute Gasteiger partial charge is 0.259 e. The Hall–Kier alpha value is -3.41. The largest absolute Gasteiger partial charge is 0.376 e. The van der Waals surface area contributed by atoms with Crippen molar-refractivity contribution in [1.82, 2.24) is 15.0 Å². The first kappa shape index (κ1) is 15.5. The molecule has 0 atom stereocenters. The third-order valence-electron chi connectivity index (χ3n) is 3.33. The number of hydrazone groups is 1. The summed E-state index contributed by atoms with van der Waals surface area (Å²) in [6.07, 6.45) is 6.96. The molecule has 2 N–H and O–H groups in total. The number of hydrogen-bond acceptors (Lipinski definition) is 4. The molecule has 0 aliphatic carbocycles. The summed E-state index contributed by atoms with van der Waals surface area (Å²) >= 11 is 0. The number of para-hydroxylation sites is 1. The Bertz CT molecular complexity index is 795. The van der Waals surface area contributed by atoms with Gasteiger partial charge in [0.15, 0.2) is 0 Å². The van der Waals surface area contributed by atoms with E-state index in [9.17, 15) is 4.79 Å². The van der Waals surface area contributed by atoms with Gasteiger partial charge in [0.1, 0.15) is 0 Å². The molecule has 0 radical (unpaired) electrons. The molecule has 1 aromatic heterocycles. The molecule has 0 aliphatic rings. The number of aromatic nitrogens is 2. The standard InChI is InChI=1S/C18H17N5O/c24-18(13-20-16-4-2-1-3-5-16)22-21-12-15-6-8-17(9-7-15)23-11-10-19-14-23/h1-12,14,20H,13H2,(H,22,24)/b21-12-. The molecule has 0 fully saturated rings. The number of hydrogen-bond donors (Lipinski definition) is 2. The fraction of sp³-hybridized carbons (Fsp3) is 0.0556. The Morgan fingerprint density at radius 2 is 1.92 bits per heavy atom. The molecule has 0 saturated carbocycles. The van der Waals surface area contributed by atoms with Gasteiger partial charge in [-0.3, -0.25) is 4.79 Å². The van der Waals surface area contributed by atoms with Crippen molar-refractivity contribution in [2.75, 3.05) is 11.9 Å². The normalized spacial score (nSPS) is 10.7. The zero-order valence-electron chi connectivity index (χ0n) is 13.0. The van der Waals surface area contributed by atoms with Gasteiger partial charge in [0, 0.05) is 23.8 Å². The molecule has 0 bridgehead atoms. The zero-order valence-corrected chi connectivity index (χ0v) is 13.0. The van der Waals surface area contributed by atoms with E-state index >= 15 is 0 Å². The lowest BCUT2D eigenvalue weighted by molar-refractivity contribution is -0.119. The van der Waals surface area contributed by atoms with Gasteiger partial charge in [-0.1, -0.05) is 30.3 Å². The molecular weight excluding hydrogens is 302 g/mol. The van der Waals surface area contributed by atoms with Crippen LogP contribution in [0.15, 0.2) is 78.4 Å². The molecule has 120 valence electrons. The fourth-order valence-corrected chi connectivity index (χ4v) is 2.10. The van der Waals surface area contributed by atoms with Crippen LogP contribution >= 0.6 is 0 Å². The monoisotopic (exact) mass is 319 g/mol. The van der Waals surface area contributed by atoms with Crippen LogP contribution in [0.25, 0.3) is 5.69 Å². The van der Waals surface area contributed by atoms with Crippen LogP contribution in [0.3, 0.4) is 0 Å². The van der Waals surface area contributed by atoms with Crippen molar-refractivity contribution >= 4 is 17.8 Å². The molecule has 24 heavy (non-hydrogen) atoms. The molecule has 2 aromatic carbocycles.